The lowest BCUT2D eigenvalue weighted by molar-refractivity contribution is -0.188. The highest BCUT2D eigenvalue weighted by atomic mass is 19.4. The van der Waals surface area contributed by atoms with Crippen LogP contribution >= 0.6 is 0 Å². The second-order valence-electron chi connectivity index (χ2n) is 9.86. The van der Waals surface area contributed by atoms with Gasteiger partial charge in [0.1, 0.15) is 0 Å². The largest absolute Gasteiger partial charge is 0.471 e. The van der Waals surface area contributed by atoms with Gasteiger partial charge in [0.15, 0.2) is 6.29 Å². The Hall–Kier alpha value is -2.46. The smallest absolute Gasteiger partial charge is 0.370 e. The Balaban J connectivity index is 1.21. The van der Waals surface area contributed by atoms with Crippen molar-refractivity contribution in [3.8, 4) is 0 Å². The first-order valence-electron chi connectivity index (χ1n) is 11.8. The summed E-state index contributed by atoms with van der Waals surface area (Å²) in [6.07, 6.45) is -4.93. The van der Waals surface area contributed by atoms with Gasteiger partial charge >= 0.3 is 12.1 Å². The van der Waals surface area contributed by atoms with Crippen LogP contribution in [0.4, 0.5) is 13.2 Å². The molecule has 188 valence electrons. The fourth-order valence-electron chi connectivity index (χ4n) is 5.56. The molecule has 1 spiro atoms. The zero-order valence-electron chi connectivity index (χ0n) is 19.4. The fraction of sp³-hybridized carbons (Fsp3) is 0.500. The molecule has 5 rings (SSSR count). The molecule has 9 heteroatoms. The van der Waals surface area contributed by atoms with Crippen molar-refractivity contribution in [3.05, 3.63) is 71.3 Å². The van der Waals surface area contributed by atoms with E-state index in [4.69, 9.17) is 9.47 Å². The van der Waals surface area contributed by atoms with Crippen LogP contribution in [0, 0.1) is 0 Å². The number of methoxy groups -OCH3 is 1. The number of ether oxygens (including phenoxy) is 2. The van der Waals surface area contributed by atoms with Gasteiger partial charge in [-0.05, 0) is 17.5 Å². The van der Waals surface area contributed by atoms with Gasteiger partial charge in [-0.2, -0.15) is 13.2 Å². The summed E-state index contributed by atoms with van der Waals surface area (Å²) in [6.45, 7) is 2.00. The number of carbonyl (C=O) groups excluding carboxylic acids is 1. The minimum atomic E-state index is -4.91. The van der Waals surface area contributed by atoms with E-state index in [1.165, 1.54) is 7.11 Å². The molecule has 1 saturated carbocycles. The van der Waals surface area contributed by atoms with Gasteiger partial charge in [-0.15, -0.1) is 0 Å². The Morgan fingerprint density at radius 1 is 1.20 bits per heavy atom. The maximum Gasteiger partial charge on any atom is 0.471 e. The first-order valence-corrected chi connectivity index (χ1v) is 11.8. The Labute approximate surface area is 202 Å². The number of rotatable bonds is 7. The minimum Gasteiger partial charge on any atom is -0.370 e. The highest BCUT2D eigenvalue weighted by Gasteiger charge is 2.58. The normalized spacial score (nSPS) is 26.4. The van der Waals surface area contributed by atoms with Crippen LogP contribution in [-0.4, -0.2) is 71.5 Å². The first-order chi connectivity index (χ1) is 16.7. The summed E-state index contributed by atoms with van der Waals surface area (Å²) in [4.78, 5) is 15.7. The van der Waals surface area contributed by atoms with Gasteiger partial charge in [0.2, 0.25) is 0 Å². The SMILES string of the molecule is COC(O)c1ccc(CN2CC3(CC(N(C(=O)C(F)(F)F)[C@@H]4C[C@H]4c4ccccc4)CO3)C2)cc1. The molecule has 2 aliphatic heterocycles. The molecular formula is C26H29F3N2O4. The molecule has 2 aromatic rings. The maximum atomic E-state index is 13.5. The van der Waals surface area contributed by atoms with Crippen molar-refractivity contribution < 1.29 is 32.5 Å². The van der Waals surface area contributed by atoms with Gasteiger partial charge in [-0.3, -0.25) is 9.69 Å². The van der Waals surface area contributed by atoms with Crippen molar-refractivity contribution in [1.29, 1.82) is 0 Å². The number of carbonyl (C=O) groups is 1. The van der Waals surface area contributed by atoms with E-state index in [1.807, 2.05) is 42.5 Å². The second-order valence-corrected chi connectivity index (χ2v) is 9.86. The zero-order valence-corrected chi connectivity index (χ0v) is 19.4. The summed E-state index contributed by atoms with van der Waals surface area (Å²) in [5, 5.41) is 9.73. The highest BCUT2D eigenvalue weighted by Crippen LogP contribution is 2.49. The molecule has 1 aliphatic carbocycles. The third kappa shape index (κ3) is 4.95. The molecule has 6 nitrogen and oxygen atoms in total. The van der Waals surface area contributed by atoms with Crippen LogP contribution in [0.15, 0.2) is 54.6 Å². The topological polar surface area (TPSA) is 62.2 Å². The number of nitrogens with zero attached hydrogens (tertiary/aromatic N) is 2. The average Bonchev–Trinajstić information content (AvgIpc) is 3.49. The quantitative estimate of drug-likeness (QED) is 0.601. The van der Waals surface area contributed by atoms with Gasteiger partial charge in [-0.1, -0.05) is 54.6 Å². The Bertz CT molecular complexity index is 1040. The van der Waals surface area contributed by atoms with Crippen LogP contribution < -0.4 is 0 Å². The standard InChI is InChI=1S/C26H29F3N2O4/c1-34-23(32)19-9-7-17(8-10-19)13-30-15-25(16-30)12-20(14-35-25)31(24(33)26(27,28)29)22-11-21(22)18-5-3-2-4-6-18/h2-10,20-23,32H,11-16H2,1H3/t20?,21-,22+,23?/m0/s1. The van der Waals surface area contributed by atoms with Crippen molar-refractivity contribution >= 4 is 5.91 Å². The van der Waals surface area contributed by atoms with E-state index in [2.05, 4.69) is 4.90 Å². The number of hydrogen-bond donors (Lipinski definition) is 1. The van der Waals surface area contributed by atoms with Gasteiger partial charge in [0, 0.05) is 50.7 Å². The third-order valence-electron chi connectivity index (χ3n) is 7.32. The molecule has 0 bridgehead atoms. The number of halogens is 3. The Morgan fingerprint density at radius 3 is 2.51 bits per heavy atom. The zero-order chi connectivity index (χ0) is 24.8. The molecule has 2 heterocycles. The van der Waals surface area contributed by atoms with Crippen LogP contribution in [0.25, 0.3) is 0 Å². The van der Waals surface area contributed by atoms with E-state index >= 15 is 0 Å². The molecule has 35 heavy (non-hydrogen) atoms. The summed E-state index contributed by atoms with van der Waals surface area (Å²) in [7, 11) is 1.43. The van der Waals surface area contributed by atoms with Gasteiger partial charge in [0.05, 0.1) is 18.2 Å². The summed E-state index contributed by atoms with van der Waals surface area (Å²) in [5.74, 6) is -1.84. The molecule has 1 amide bonds. The molecular weight excluding hydrogens is 461 g/mol. The number of likely N-dealkylation sites (tertiary alicyclic amines) is 1. The van der Waals surface area contributed by atoms with Crippen LogP contribution in [-0.2, 0) is 20.8 Å². The molecule has 4 atom stereocenters. The predicted molar refractivity (Wildman–Crippen MR) is 121 cm³/mol. The van der Waals surface area contributed by atoms with E-state index in [-0.39, 0.29) is 12.5 Å². The Kier molecular flexibility index (Phi) is 6.37. The molecule has 3 fully saturated rings. The minimum absolute atomic E-state index is 0.0727. The lowest BCUT2D eigenvalue weighted by Gasteiger charge is -2.47. The summed E-state index contributed by atoms with van der Waals surface area (Å²) in [5.41, 5.74) is 2.17. The van der Waals surface area contributed by atoms with Crippen molar-refractivity contribution in [2.45, 2.75) is 55.5 Å². The van der Waals surface area contributed by atoms with Crippen molar-refractivity contribution in [1.82, 2.24) is 9.80 Å². The number of amides is 1. The fourth-order valence-corrected chi connectivity index (χ4v) is 5.56. The van der Waals surface area contributed by atoms with E-state index in [9.17, 15) is 23.1 Å². The molecule has 0 radical (unpaired) electrons. The first kappa shape index (κ1) is 24.2. The Morgan fingerprint density at radius 2 is 1.89 bits per heavy atom. The number of alkyl halides is 3. The highest BCUT2D eigenvalue weighted by molar-refractivity contribution is 5.83. The number of aliphatic hydroxyl groups is 1. The predicted octanol–water partition coefficient (Wildman–Crippen LogP) is 3.61. The molecule has 2 saturated heterocycles. The van der Waals surface area contributed by atoms with Gasteiger partial charge in [0.25, 0.3) is 0 Å². The number of hydrogen-bond acceptors (Lipinski definition) is 5. The van der Waals surface area contributed by atoms with Crippen LogP contribution in [0.2, 0.25) is 0 Å². The van der Waals surface area contributed by atoms with Crippen LogP contribution in [0.3, 0.4) is 0 Å². The molecule has 3 aliphatic rings. The lowest BCUT2D eigenvalue weighted by Crippen LogP contribution is -2.61. The third-order valence-corrected chi connectivity index (χ3v) is 7.32. The molecule has 2 unspecified atom stereocenters. The van der Waals surface area contributed by atoms with E-state index in [1.54, 1.807) is 12.1 Å². The monoisotopic (exact) mass is 490 g/mol. The second kappa shape index (κ2) is 9.20. The lowest BCUT2D eigenvalue weighted by atomic mass is 9.88. The average molecular weight is 491 g/mol. The maximum absolute atomic E-state index is 13.5. The number of aliphatic hydroxyl groups excluding tert-OH is 1. The summed E-state index contributed by atoms with van der Waals surface area (Å²) >= 11 is 0. The van der Waals surface area contributed by atoms with E-state index in [0.717, 1.165) is 16.0 Å². The molecule has 2 aromatic carbocycles. The van der Waals surface area contributed by atoms with Crippen molar-refractivity contribution in [2.24, 2.45) is 0 Å². The van der Waals surface area contributed by atoms with Crippen LogP contribution in [0.1, 0.15) is 41.7 Å². The van der Waals surface area contributed by atoms with Gasteiger partial charge < -0.3 is 19.5 Å². The molecule has 0 aromatic heterocycles. The summed E-state index contributed by atoms with van der Waals surface area (Å²) in [6, 6.07) is 15.8. The molecule has 1 N–H and O–H groups in total. The van der Waals surface area contributed by atoms with Crippen molar-refractivity contribution in [3.63, 3.8) is 0 Å². The summed E-state index contributed by atoms with van der Waals surface area (Å²) < 4.78 is 51.4. The van der Waals surface area contributed by atoms with E-state index in [0.29, 0.717) is 38.0 Å². The van der Waals surface area contributed by atoms with Gasteiger partial charge in [-0.25, -0.2) is 0 Å². The van der Waals surface area contributed by atoms with Crippen LogP contribution in [0.5, 0.6) is 0 Å². The number of benzene rings is 2. The van der Waals surface area contributed by atoms with Crippen molar-refractivity contribution in [2.75, 3.05) is 26.8 Å². The van der Waals surface area contributed by atoms with E-state index < -0.39 is 36.1 Å².